The molecule has 0 spiro atoms. The normalized spacial score (nSPS) is 21.1. The van der Waals surface area contributed by atoms with Crippen molar-refractivity contribution in [1.82, 2.24) is 5.32 Å². The van der Waals surface area contributed by atoms with Gasteiger partial charge in [0.25, 0.3) is 0 Å². The molecule has 0 atom stereocenters. The van der Waals surface area contributed by atoms with E-state index in [4.69, 9.17) is 16.3 Å². The molecule has 0 aromatic carbocycles. The third-order valence-corrected chi connectivity index (χ3v) is 3.04. The highest BCUT2D eigenvalue weighted by Gasteiger charge is 2.39. The van der Waals surface area contributed by atoms with E-state index in [2.05, 4.69) is 5.32 Å². The van der Waals surface area contributed by atoms with Gasteiger partial charge >= 0.3 is 5.97 Å². The summed E-state index contributed by atoms with van der Waals surface area (Å²) in [5.74, 6) is 0.236. The molecule has 1 aliphatic rings. The van der Waals surface area contributed by atoms with Crippen LogP contribution in [-0.4, -0.2) is 31.5 Å². The first-order valence-electron chi connectivity index (χ1n) is 4.69. The molecule has 3 nitrogen and oxygen atoms in total. The lowest BCUT2D eigenvalue weighted by Crippen LogP contribution is -2.44. The maximum absolute atomic E-state index is 11.6. The summed E-state index contributed by atoms with van der Waals surface area (Å²) < 4.78 is 5.02. The number of hydrogen-bond donors (Lipinski definition) is 1. The fourth-order valence-electron chi connectivity index (χ4n) is 1.58. The second-order valence-corrected chi connectivity index (χ2v) is 3.65. The van der Waals surface area contributed by atoms with Crippen LogP contribution in [0.3, 0.4) is 0 Å². The molecule has 0 saturated carbocycles. The van der Waals surface area contributed by atoms with Crippen molar-refractivity contribution >= 4 is 17.6 Å². The van der Waals surface area contributed by atoms with E-state index < -0.39 is 5.41 Å². The predicted octanol–water partition coefficient (Wildman–Crippen LogP) is 1.16. The molecule has 0 unspecified atom stereocenters. The zero-order chi connectivity index (χ0) is 9.73. The Hall–Kier alpha value is -0.280. The number of carbonyl (C=O) groups excluding carboxylic acids is 1. The van der Waals surface area contributed by atoms with Crippen LogP contribution in [0.15, 0.2) is 0 Å². The summed E-state index contributed by atoms with van der Waals surface area (Å²) in [7, 11) is 0. The summed E-state index contributed by atoms with van der Waals surface area (Å²) in [5, 5.41) is 3.20. The van der Waals surface area contributed by atoms with Gasteiger partial charge in [-0.1, -0.05) is 0 Å². The Labute approximate surface area is 83.8 Å². The van der Waals surface area contributed by atoms with Gasteiger partial charge in [-0.25, -0.2) is 0 Å². The Balaban J connectivity index is 2.61. The van der Waals surface area contributed by atoms with E-state index in [0.29, 0.717) is 12.5 Å². The summed E-state index contributed by atoms with van der Waals surface area (Å²) in [4.78, 5) is 11.6. The van der Waals surface area contributed by atoms with Crippen molar-refractivity contribution in [3.05, 3.63) is 0 Å². The SMILES string of the molecule is CCOC(=O)C1(CCl)CCNCC1. The number of piperidine rings is 1. The van der Waals surface area contributed by atoms with Gasteiger partial charge in [0.1, 0.15) is 0 Å². The van der Waals surface area contributed by atoms with Crippen LogP contribution in [-0.2, 0) is 9.53 Å². The molecular formula is C9H16ClNO2. The van der Waals surface area contributed by atoms with Crippen LogP contribution in [0.5, 0.6) is 0 Å². The van der Waals surface area contributed by atoms with Crippen molar-refractivity contribution in [2.75, 3.05) is 25.6 Å². The molecule has 0 amide bonds. The maximum Gasteiger partial charge on any atom is 0.313 e. The average Bonchev–Trinajstić information content (AvgIpc) is 2.19. The summed E-state index contributed by atoms with van der Waals surface area (Å²) in [6.45, 7) is 3.96. The first-order chi connectivity index (χ1) is 6.25. The van der Waals surface area contributed by atoms with Crippen LogP contribution in [0.2, 0.25) is 0 Å². The van der Waals surface area contributed by atoms with E-state index in [-0.39, 0.29) is 5.97 Å². The highest BCUT2D eigenvalue weighted by Crippen LogP contribution is 2.31. The second kappa shape index (κ2) is 4.82. The van der Waals surface area contributed by atoms with Gasteiger partial charge in [0.15, 0.2) is 0 Å². The number of halogens is 1. The van der Waals surface area contributed by atoms with Crippen LogP contribution in [0.25, 0.3) is 0 Å². The van der Waals surface area contributed by atoms with Gasteiger partial charge in [-0.3, -0.25) is 4.79 Å². The zero-order valence-corrected chi connectivity index (χ0v) is 8.69. The van der Waals surface area contributed by atoms with Crippen LogP contribution >= 0.6 is 11.6 Å². The Kier molecular flexibility index (Phi) is 4.00. The lowest BCUT2D eigenvalue weighted by molar-refractivity contribution is -0.155. The average molecular weight is 206 g/mol. The standard InChI is InChI=1S/C9H16ClNO2/c1-2-13-8(12)9(7-10)3-5-11-6-4-9/h11H,2-7H2,1H3. The van der Waals surface area contributed by atoms with Crippen LogP contribution in [0, 0.1) is 5.41 Å². The number of carbonyl (C=O) groups is 1. The minimum absolute atomic E-state index is 0.133. The minimum atomic E-state index is -0.428. The summed E-state index contributed by atoms with van der Waals surface area (Å²) in [6.07, 6.45) is 1.57. The van der Waals surface area contributed by atoms with E-state index in [9.17, 15) is 4.79 Å². The molecule has 0 aromatic heterocycles. The number of nitrogens with one attached hydrogen (secondary N) is 1. The van der Waals surface area contributed by atoms with E-state index in [1.165, 1.54) is 0 Å². The first-order valence-corrected chi connectivity index (χ1v) is 5.22. The molecule has 0 radical (unpaired) electrons. The van der Waals surface area contributed by atoms with Gasteiger partial charge in [-0.05, 0) is 32.9 Å². The Morgan fingerprint density at radius 3 is 2.62 bits per heavy atom. The number of esters is 1. The molecule has 0 bridgehead atoms. The smallest absolute Gasteiger partial charge is 0.313 e. The largest absolute Gasteiger partial charge is 0.466 e. The Morgan fingerprint density at radius 2 is 2.15 bits per heavy atom. The number of hydrogen-bond acceptors (Lipinski definition) is 3. The molecule has 1 N–H and O–H groups in total. The Bertz CT molecular complexity index is 178. The molecule has 1 fully saturated rings. The molecule has 4 heteroatoms. The highest BCUT2D eigenvalue weighted by molar-refractivity contribution is 6.19. The van der Waals surface area contributed by atoms with Crippen molar-refractivity contribution in [1.29, 1.82) is 0 Å². The van der Waals surface area contributed by atoms with Gasteiger partial charge in [0, 0.05) is 5.88 Å². The third kappa shape index (κ3) is 2.35. The molecular weight excluding hydrogens is 190 g/mol. The first kappa shape index (κ1) is 10.8. The Morgan fingerprint density at radius 1 is 1.54 bits per heavy atom. The topological polar surface area (TPSA) is 38.3 Å². The fourth-order valence-corrected chi connectivity index (χ4v) is 1.96. The molecule has 1 heterocycles. The summed E-state index contributed by atoms with van der Waals surface area (Å²) in [6, 6.07) is 0. The van der Waals surface area contributed by atoms with Crippen LogP contribution in [0.4, 0.5) is 0 Å². The van der Waals surface area contributed by atoms with Crippen molar-refractivity contribution in [3.8, 4) is 0 Å². The number of alkyl halides is 1. The lowest BCUT2D eigenvalue weighted by atomic mass is 9.81. The van der Waals surface area contributed by atoms with Crippen molar-refractivity contribution in [2.24, 2.45) is 5.41 Å². The molecule has 0 aliphatic carbocycles. The lowest BCUT2D eigenvalue weighted by Gasteiger charge is -2.33. The molecule has 1 saturated heterocycles. The van der Waals surface area contributed by atoms with Gasteiger partial charge in [-0.2, -0.15) is 0 Å². The quantitative estimate of drug-likeness (QED) is 0.555. The molecule has 76 valence electrons. The second-order valence-electron chi connectivity index (χ2n) is 3.38. The zero-order valence-electron chi connectivity index (χ0n) is 7.94. The van der Waals surface area contributed by atoms with Gasteiger partial charge in [0.2, 0.25) is 0 Å². The molecule has 1 aliphatic heterocycles. The number of ether oxygens (including phenoxy) is 1. The fraction of sp³-hybridized carbons (Fsp3) is 0.889. The number of rotatable bonds is 3. The summed E-state index contributed by atoms with van der Waals surface area (Å²) >= 11 is 5.84. The van der Waals surface area contributed by atoms with E-state index in [1.54, 1.807) is 0 Å². The van der Waals surface area contributed by atoms with Crippen molar-refractivity contribution < 1.29 is 9.53 Å². The minimum Gasteiger partial charge on any atom is -0.466 e. The highest BCUT2D eigenvalue weighted by atomic mass is 35.5. The molecule has 1 rings (SSSR count). The maximum atomic E-state index is 11.6. The monoisotopic (exact) mass is 205 g/mol. The molecule has 13 heavy (non-hydrogen) atoms. The van der Waals surface area contributed by atoms with Gasteiger partial charge in [-0.15, -0.1) is 11.6 Å². The third-order valence-electron chi connectivity index (χ3n) is 2.52. The van der Waals surface area contributed by atoms with E-state index in [1.807, 2.05) is 6.92 Å². The van der Waals surface area contributed by atoms with Gasteiger partial charge in [0.05, 0.1) is 12.0 Å². The van der Waals surface area contributed by atoms with Crippen LogP contribution in [0.1, 0.15) is 19.8 Å². The van der Waals surface area contributed by atoms with Crippen LogP contribution < -0.4 is 5.32 Å². The van der Waals surface area contributed by atoms with E-state index in [0.717, 1.165) is 25.9 Å². The van der Waals surface area contributed by atoms with Crippen molar-refractivity contribution in [2.45, 2.75) is 19.8 Å². The van der Waals surface area contributed by atoms with Gasteiger partial charge < -0.3 is 10.1 Å². The molecule has 0 aromatic rings. The summed E-state index contributed by atoms with van der Waals surface area (Å²) in [5.41, 5.74) is -0.428. The van der Waals surface area contributed by atoms with Crippen molar-refractivity contribution in [3.63, 3.8) is 0 Å². The van der Waals surface area contributed by atoms with E-state index >= 15 is 0 Å². The predicted molar refractivity (Wildman–Crippen MR) is 51.9 cm³/mol.